The zero-order chi connectivity index (χ0) is 19.8. The Labute approximate surface area is 164 Å². The number of hydrogen-bond donors (Lipinski definition) is 1. The van der Waals surface area contributed by atoms with Crippen LogP contribution in [0.3, 0.4) is 0 Å². The van der Waals surface area contributed by atoms with Gasteiger partial charge in [0.15, 0.2) is 0 Å². The van der Waals surface area contributed by atoms with Crippen molar-refractivity contribution in [3.8, 4) is 17.1 Å². The van der Waals surface area contributed by atoms with Crippen molar-refractivity contribution in [2.24, 2.45) is 0 Å². The predicted octanol–water partition coefficient (Wildman–Crippen LogP) is 3.72. The van der Waals surface area contributed by atoms with Gasteiger partial charge in [0.25, 0.3) is 0 Å². The van der Waals surface area contributed by atoms with Crippen LogP contribution in [-0.4, -0.2) is 32.7 Å². The summed E-state index contributed by atoms with van der Waals surface area (Å²) in [5.74, 6) is 1.10. The summed E-state index contributed by atoms with van der Waals surface area (Å²) in [6, 6.07) is 15.3. The molecule has 146 valence electrons. The van der Waals surface area contributed by atoms with E-state index < -0.39 is 0 Å². The number of carbonyl (C=O) groups excluding carboxylic acids is 1. The van der Waals surface area contributed by atoms with Gasteiger partial charge in [-0.3, -0.25) is 4.79 Å². The highest BCUT2D eigenvalue weighted by molar-refractivity contribution is 5.91. The molecule has 3 rings (SSSR count). The van der Waals surface area contributed by atoms with E-state index in [1.165, 1.54) is 4.80 Å². The van der Waals surface area contributed by atoms with Crippen molar-refractivity contribution in [3.63, 3.8) is 0 Å². The Hall–Kier alpha value is -3.22. The third-order valence-electron chi connectivity index (χ3n) is 4.29. The molecular formula is C21H25N5O2. The van der Waals surface area contributed by atoms with Crippen molar-refractivity contribution in [3.05, 3.63) is 54.1 Å². The summed E-state index contributed by atoms with van der Waals surface area (Å²) < 4.78 is 5.66. The number of para-hydroxylation sites is 1. The summed E-state index contributed by atoms with van der Waals surface area (Å²) in [5.41, 5.74) is 2.73. The Bertz CT molecular complexity index is 905. The van der Waals surface area contributed by atoms with Gasteiger partial charge in [0, 0.05) is 11.3 Å². The second-order valence-corrected chi connectivity index (χ2v) is 6.43. The van der Waals surface area contributed by atoms with E-state index in [2.05, 4.69) is 34.6 Å². The number of aryl methyl sites for hydroxylation is 1. The normalized spacial score (nSPS) is 10.6. The number of nitrogens with one attached hydrogen (secondary N) is 1. The molecule has 0 atom stereocenters. The van der Waals surface area contributed by atoms with Crippen molar-refractivity contribution in [2.45, 2.75) is 39.7 Å². The molecule has 0 aliphatic carbocycles. The number of amides is 1. The van der Waals surface area contributed by atoms with E-state index in [1.54, 1.807) is 0 Å². The van der Waals surface area contributed by atoms with Gasteiger partial charge >= 0.3 is 0 Å². The fourth-order valence-corrected chi connectivity index (χ4v) is 2.73. The Balaban J connectivity index is 1.60. The number of hydrogen-bond acceptors (Lipinski definition) is 5. The van der Waals surface area contributed by atoms with Crippen LogP contribution in [0.1, 0.15) is 32.3 Å². The van der Waals surface area contributed by atoms with Gasteiger partial charge in [0.05, 0.1) is 6.61 Å². The average molecular weight is 379 g/mol. The molecule has 0 saturated carbocycles. The SMILES string of the molecule is CCCCOc1ccc(-c2nnn(CC(=O)Nc3ccccc3CC)n2)cc1. The number of rotatable bonds is 9. The molecule has 0 saturated heterocycles. The molecule has 28 heavy (non-hydrogen) atoms. The Morgan fingerprint density at radius 2 is 1.89 bits per heavy atom. The first-order chi connectivity index (χ1) is 13.7. The summed E-state index contributed by atoms with van der Waals surface area (Å²) in [6.07, 6.45) is 2.98. The van der Waals surface area contributed by atoms with Gasteiger partial charge < -0.3 is 10.1 Å². The number of benzene rings is 2. The zero-order valence-corrected chi connectivity index (χ0v) is 16.3. The fraction of sp³-hybridized carbons (Fsp3) is 0.333. The van der Waals surface area contributed by atoms with E-state index in [4.69, 9.17) is 4.74 Å². The van der Waals surface area contributed by atoms with Crippen LogP contribution in [0.4, 0.5) is 5.69 Å². The Kier molecular flexibility index (Phi) is 6.73. The minimum atomic E-state index is -0.190. The smallest absolute Gasteiger partial charge is 0.248 e. The van der Waals surface area contributed by atoms with E-state index >= 15 is 0 Å². The number of unbranched alkanes of at least 4 members (excludes halogenated alkanes) is 1. The molecule has 0 unspecified atom stereocenters. The highest BCUT2D eigenvalue weighted by atomic mass is 16.5. The molecule has 2 aromatic carbocycles. The standard InChI is InChI=1S/C21H25N5O2/c1-3-5-14-28-18-12-10-17(11-13-18)21-23-25-26(24-21)15-20(27)22-19-9-7-6-8-16(19)4-2/h6-13H,3-5,14-15H2,1-2H3,(H,22,27). The lowest BCUT2D eigenvalue weighted by Gasteiger charge is -2.08. The van der Waals surface area contributed by atoms with Gasteiger partial charge in [-0.25, -0.2) is 0 Å². The number of anilines is 1. The number of carbonyl (C=O) groups is 1. The number of aromatic nitrogens is 4. The van der Waals surface area contributed by atoms with Crippen molar-refractivity contribution < 1.29 is 9.53 Å². The summed E-state index contributed by atoms with van der Waals surface area (Å²) in [5, 5.41) is 15.2. The monoisotopic (exact) mass is 379 g/mol. The molecule has 3 aromatic rings. The first-order valence-corrected chi connectivity index (χ1v) is 9.58. The van der Waals surface area contributed by atoms with Gasteiger partial charge in [-0.1, -0.05) is 38.5 Å². The molecule has 0 fully saturated rings. The Morgan fingerprint density at radius 3 is 2.64 bits per heavy atom. The lowest BCUT2D eigenvalue weighted by molar-refractivity contribution is -0.117. The second-order valence-electron chi connectivity index (χ2n) is 6.43. The van der Waals surface area contributed by atoms with Crippen LogP contribution in [0.15, 0.2) is 48.5 Å². The van der Waals surface area contributed by atoms with E-state index in [1.807, 2.05) is 48.5 Å². The molecule has 0 bridgehead atoms. The summed E-state index contributed by atoms with van der Waals surface area (Å²) in [4.78, 5) is 13.6. The average Bonchev–Trinajstić information content (AvgIpc) is 3.17. The van der Waals surface area contributed by atoms with E-state index in [-0.39, 0.29) is 12.5 Å². The van der Waals surface area contributed by atoms with Gasteiger partial charge in [-0.05, 0) is 54.0 Å². The number of tetrazole rings is 1. The predicted molar refractivity (Wildman–Crippen MR) is 108 cm³/mol. The number of ether oxygens (including phenoxy) is 1. The third-order valence-corrected chi connectivity index (χ3v) is 4.29. The summed E-state index contributed by atoms with van der Waals surface area (Å²) in [7, 11) is 0. The first kappa shape index (κ1) is 19.5. The lowest BCUT2D eigenvalue weighted by atomic mass is 10.1. The maximum Gasteiger partial charge on any atom is 0.248 e. The molecule has 1 N–H and O–H groups in total. The highest BCUT2D eigenvalue weighted by Gasteiger charge is 2.11. The largest absolute Gasteiger partial charge is 0.494 e. The van der Waals surface area contributed by atoms with Crippen LogP contribution >= 0.6 is 0 Å². The van der Waals surface area contributed by atoms with Gasteiger partial charge in [-0.2, -0.15) is 4.80 Å². The van der Waals surface area contributed by atoms with E-state index in [0.29, 0.717) is 12.4 Å². The van der Waals surface area contributed by atoms with Crippen LogP contribution in [0.5, 0.6) is 5.75 Å². The zero-order valence-electron chi connectivity index (χ0n) is 16.3. The van der Waals surface area contributed by atoms with E-state index in [0.717, 1.165) is 41.8 Å². The van der Waals surface area contributed by atoms with Gasteiger partial charge in [0.2, 0.25) is 11.7 Å². The first-order valence-electron chi connectivity index (χ1n) is 9.58. The lowest BCUT2D eigenvalue weighted by Crippen LogP contribution is -2.21. The number of nitrogens with zero attached hydrogens (tertiary/aromatic N) is 4. The molecular weight excluding hydrogens is 354 g/mol. The quantitative estimate of drug-likeness (QED) is 0.573. The minimum Gasteiger partial charge on any atom is -0.494 e. The highest BCUT2D eigenvalue weighted by Crippen LogP contribution is 2.19. The van der Waals surface area contributed by atoms with Crippen LogP contribution in [0.25, 0.3) is 11.4 Å². The van der Waals surface area contributed by atoms with Gasteiger partial charge in [0.1, 0.15) is 12.3 Å². The molecule has 7 heteroatoms. The van der Waals surface area contributed by atoms with Crippen LogP contribution in [-0.2, 0) is 17.8 Å². The van der Waals surface area contributed by atoms with Crippen molar-refractivity contribution >= 4 is 11.6 Å². The molecule has 0 aliphatic rings. The van der Waals surface area contributed by atoms with Crippen molar-refractivity contribution in [1.82, 2.24) is 20.2 Å². The molecule has 0 spiro atoms. The molecule has 1 amide bonds. The second kappa shape index (κ2) is 9.64. The summed E-state index contributed by atoms with van der Waals surface area (Å²) >= 11 is 0. The topological polar surface area (TPSA) is 81.9 Å². The van der Waals surface area contributed by atoms with Gasteiger partial charge in [-0.15, -0.1) is 10.2 Å². The van der Waals surface area contributed by atoms with Crippen molar-refractivity contribution in [2.75, 3.05) is 11.9 Å². The molecule has 7 nitrogen and oxygen atoms in total. The Morgan fingerprint density at radius 1 is 1.11 bits per heavy atom. The molecule has 1 heterocycles. The van der Waals surface area contributed by atoms with Crippen molar-refractivity contribution in [1.29, 1.82) is 0 Å². The molecule has 1 aromatic heterocycles. The van der Waals surface area contributed by atoms with Crippen LogP contribution < -0.4 is 10.1 Å². The maximum atomic E-state index is 12.3. The minimum absolute atomic E-state index is 0.00324. The molecule has 0 radical (unpaired) electrons. The van der Waals surface area contributed by atoms with Crippen LogP contribution in [0.2, 0.25) is 0 Å². The molecule has 0 aliphatic heterocycles. The maximum absolute atomic E-state index is 12.3. The summed E-state index contributed by atoms with van der Waals surface area (Å²) in [6.45, 7) is 4.89. The van der Waals surface area contributed by atoms with E-state index in [9.17, 15) is 4.79 Å². The third kappa shape index (κ3) is 5.16. The van der Waals surface area contributed by atoms with Crippen LogP contribution in [0, 0.1) is 0 Å². The fourth-order valence-electron chi connectivity index (χ4n) is 2.73.